The van der Waals surface area contributed by atoms with Gasteiger partial charge in [-0.1, -0.05) is 37.0 Å². The molecule has 1 aliphatic heterocycles. The van der Waals surface area contributed by atoms with E-state index in [0.29, 0.717) is 18.0 Å². The van der Waals surface area contributed by atoms with Crippen LogP contribution in [0.4, 0.5) is 5.69 Å². The second kappa shape index (κ2) is 5.75. The highest BCUT2D eigenvalue weighted by Crippen LogP contribution is 2.38. The first-order valence-electron chi connectivity index (χ1n) is 7.51. The fourth-order valence-electron chi connectivity index (χ4n) is 3.19. The SMILES string of the molecule is CC(C)C1CNC(C2CC2)CN1c1cc(Cl)ccc1Cl. The Labute approximate surface area is 131 Å². The van der Waals surface area contributed by atoms with Gasteiger partial charge in [-0.2, -0.15) is 0 Å². The van der Waals surface area contributed by atoms with Gasteiger partial charge in [-0.15, -0.1) is 0 Å². The van der Waals surface area contributed by atoms with E-state index >= 15 is 0 Å². The Morgan fingerprint density at radius 1 is 1.25 bits per heavy atom. The Hall–Kier alpha value is -0.440. The molecule has 0 amide bonds. The molecule has 1 aliphatic carbocycles. The Balaban J connectivity index is 1.89. The van der Waals surface area contributed by atoms with Crippen LogP contribution in [0.1, 0.15) is 26.7 Å². The number of nitrogens with zero attached hydrogens (tertiary/aromatic N) is 1. The smallest absolute Gasteiger partial charge is 0.0640 e. The predicted octanol–water partition coefficient (Wildman–Crippen LogP) is 4.21. The van der Waals surface area contributed by atoms with E-state index in [2.05, 4.69) is 24.1 Å². The zero-order valence-electron chi connectivity index (χ0n) is 12.1. The standard InChI is InChI=1S/C16H22Cl2N2/c1-10(2)16-8-19-14(11-3-4-11)9-20(16)15-7-12(17)5-6-13(15)18/h5-7,10-11,14,16,19H,3-4,8-9H2,1-2H3. The molecule has 3 rings (SSSR count). The van der Waals surface area contributed by atoms with Gasteiger partial charge >= 0.3 is 0 Å². The summed E-state index contributed by atoms with van der Waals surface area (Å²) in [6, 6.07) is 6.85. The molecule has 0 bridgehead atoms. The van der Waals surface area contributed by atoms with Crippen LogP contribution in [-0.4, -0.2) is 25.2 Å². The average molecular weight is 313 g/mol. The summed E-state index contributed by atoms with van der Waals surface area (Å²) in [5.41, 5.74) is 1.09. The number of hydrogen-bond donors (Lipinski definition) is 1. The zero-order chi connectivity index (χ0) is 14.3. The second-order valence-electron chi connectivity index (χ2n) is 6.41. The minimum atomic E-state index is 0.473. The van der Waals surface area contributed by atoms with Gasteiger partial charge in [-0.25, -0.2) is 0 Å². The van der Waals surface area contributed by atoms with Crippen molar-refractivity contribution >= 4 is 28.9 Å². The van der Waals surface area contributed by atoms with Crippen LogP contribution in [0.25, 0.3) is 0 Å². The summed E-state index contributed by atoms with van der Waals surface area (Å²) in [5.74, 6) is 1.43. The van der Waals surface area contributed by atoms with Crippen molar-refractivity contribution in [2.75, 3.05) is 18.0 Å². The van der Waals surface area contributed by atoms with Crippen molar-refractivity contribution in [3.8, 4) is 0 Å². The monoisotopic (exact) mass is 312 g/mol. The van der Waals surface area contributed by atoms with E-state index in [1.165, 1.54) is 12.8 Å². The lowest BCUT2D eigenvalue weighted by molar-refractivity contribution is 0.320. The molecule has 0 spiro atoms. The molecule has 1 aromatic rings. The molecular formula is C16H22Cl2N2. The van der Waals surface area contributed by atoms with Gasteiger partial charge in [0.05, 0.1) is 10.7 Å². The third-order valence-electron chi connectivity index (χ3n) is 4.56. The molecule has 2 aliphatic rings. The minimum absolute atomic E-state index is 0.473. The van der Waals surface area contributed by atoms with E-state index < -0.39 is 0 Å². The number of piperazine rings is 1. The maximum absolute atomic E-state index is 6.42. The molecule has 1 heterocycles. The Kier molecular flexibility index (Phi) is 4.16. The number of nitrogens with one attached hydrogen (secondary N) is 1. The largest absolute Gasteiger partial charge is 0.364 e. The Bertz CT molecular complexity index is 485. The van der Waals surface area contributed by atoms with Crippen molar-refractivity contribution in [2.24, 2.45) is 11.8 Å². The van der Waals surface area contributed by atoms with Crippen LogP contribution < -0.4 is 10.2 Å². The molecule has 2 unspecified atom stereocenters. The third-order valence-corrected chi connectivity index (χ3v) is 5.12. The lowest BCUT2D eigenvalue weighted by atomic mass is 9.96. The highest BCUT2D eigenvalue weighted by atomic mass is 35.5. The van der Waals surface area contributed by atoms with Crippen molar-refractivity contribution in [1.29, 1.82) is 0 Å². The second-order valence-corrected chi connectivity index (χ2v) is 7.26. The first-order valence-corrected chi connectivity index (χ1v) is 8.27. The summed E-state index contributed by atoms with van der Waals surface area (Å²) in [6.45, 7) is 6.61. The van der Waals surface area contributed by atoms with E-state index in [1.54, 1.807) is 0 Å². The number of anilines is 1. The van der Waals surface area contributed by atoms with Crippen LogP contribution in [0.2, 0.25) is 10.0 Å². The lowest BCUT2D eigenvalue weighted by Crippen LogP contribution is -2.59. The van der Waals surface area contributed by atoms with Gasteiger partial charge in [0.2, 0.25) is 0 Å². The van der Waals surface area contributed by atoms with E-state index in [1.807, 2.05) is 18.2 Å². The molecule has 2 atom stereocenters. The van der Waals surface area contributed by atoms with Gasteiger partial charge in [0.15, 0.2) is 0 Å². The summed E-state index contributed by atoms with van der Waals surface area (Å²) in [4.78, 5) is 2.47. The summed E-state index contributed by atoms with van der Waals surface area (Å²) in [5, 5.41) is 5.29. The Morgan fingerprint density at radius 3 is 2.65 bits per heavy atom. The van der Waals surface area contributed by atoms with E-state index in [4.69, 9.17) is 23.2 Å². The quantitative estimate of drug-likeness (QED) is 0.899. The highest BCUT2D eigenvalue weighted by Gasteiger charge is 2.38. The van der Waals surface area contributed by atoms with Crippen LogP contribution in [0.3, 0.4) is 0 Å². The van der Waals surface area contributed by atoms with Crippen molar-refractivity contribution in [3.05, 3.63) is 28.2 Å². The maximum Gasteiger partial charge on any atom is 0.0640 e. The summed E-state index contributed by atoms with van der Waals surface area (Å²) >= 11 is 12.6. The predicted molar refractivity (Wildman–Crippen MR) is 86.9 cm³/mol. The van der Waals surface area contributed by atoms with Crippen molar-refractivity contribution < 1.29 is 0 Å². The van der Waals surface area contributed by atoms with E-state index in [0.717, 1.165) is 34.7 Å². The number of hydrogen-bond acceptors (Lipinski definition) is 2. The van der Waals surface area contributed by atoms with Crippen molar-refractivity contribution in [3.63, 3.8) is 0 Å². The third kappa shape index (κ3) is 2.93. The minimum Gasteiger partial charge on any atom is -0.364 e. The van der Waals surface area contributed by atoms with Gasteiger partial charge < -0.3 is 10.2 Å². The van der Waals surface area contributed by atoms with Crippen molar-refractivity contribution in [2.45, 2.75) is 38.8 Å². The summed E-state index contributed by atoms with van der Waals surface area (Å²) in [6.07, 6.45) is 2.72. The van der Waals surface area contributed by atoms with Crippen LogP contribution >= 0.6 is 23.2 Å². The van der Waals surface area contributed by atoms with Gasteiger partial charge in [0.25, 0.3) is 0 Å². The zero-order valence-corrected chi connectivity index (χ0v) is 13.6. The number of halogens is 2. The van der Waals surface area contributed by atoms with Crippen LogP contribution in [-0.2, 0) is 0 Å². The van der Waals surface area contributed by atoms with E-state index in [-0.39, 0.29) is 0 Å². The summed E-state index contributed by atoms with van der Waals surface area (Å²) < 4.78 is 0. The number of benzene rings is 1. The molecule has 110 valence electrons. The maximum atomic E-state index is 6.42. The molecule has 2 nitrogen and oxygen atoms in total. The molecular weight excluding hydrogens is 291 g/mol. The molecule has 0 radical (unpaired) electrons. The molecule has 1 aromatic carbocycles. The number of rotatable bonds is 3. The van der Waals surface area contributed by atoms with Gasteiger partial charge in [-0.3, -0.25) is 0 Å². The Morgan fingerprint density at radius 2 is 2.00 bits per heavy atom. The topological polar surface area (TPSA) is 15.3 Å². The van der Waals surface area contributed by atoms with Crippen LogP contribution in [0.15, 0.2) is 18.2 Å². The van der Waals surface area contributed by atoms with Gasteiger partial charge in [0.1, 0.15) is 0 Å². The highest BCUT2D eigenvalue weighted by molar-refractivity contribution is 6.35. The fraction of sp³-hybridized carbons (Fsp3) is 0.625. The van der Waals surface area contributed by atoms with Crippen LogP contribution in [0.5, 0.6) is 0 Å². The molecule has 0 aromatic heterocycles. The van der Waals surface area contributed by atoms with E-state index in [9.17, 15) is 0 Å². The first-order chi connectivity index (χ1) is 9.56. The lowest BCUT2D eigenvalue weighted by Gasteiger charge is -2.44. The molecule has 4 heteroatoms. The first kappa shape index (κ1) is 14.5. The average Bonchev–Trinajstić information content (AvgIpc) is 3.25. The fourth-order valence-corrected chi connectivity index (χ4v) is 3.58. The molecule has 20 heavy (non-hydrogen) atoms. The van der Waals surface area contributed by atoms with Gasteiger partial charge in [0, 0.05) is 30.2 Å². The molecule has 1 saturated carbocycles. The molecule has 2 fully saturated rings. The molecule has 1 N–H and O–H groups in total. The normalized spacial score (nSPS) is 27.1. The van der Waals surface area contributed by atoms with Crippen LogP contribution in [0, 0.1) is 11.8 Å². The van der Waals surface area contributed by atoms with Gasteiger partial charge in [-0.05, 0) is 42.9 Å². The summed E-state index contributed by atoms with van der Waals surface area (Å²) in [7, 11) is 0. The van der Waals surface area contributed by atoms with Crippen molar-refractivity contribution in [1.82, 2.24) is 5.32 Å². The molecule has 1 saturated heterocycles.